The SMILES string of the molecule is Cc1cc(=O)[nH]c(N2CCCC(NC(=O)N(C)C(C)C)C2)n1. The summed E-state index contributed by atoms with van der Waals surface area (Å²) in [6.07, 6.45) is 1.89. The number of H-pyrrole nitrogens is 1. The summed E-state index contributed by atoms with van der Waals surface area (Å²) in [7, 11) is 1.79. The zero-order valence-electron chi connectivity index (χ0n) is 13.7. The molecule has 0 saturated carbocycles. The highest BCUT2D eigenvalue weighted by Crippen LogP contribution is 2.15. The van der Waals surface area contributed by atoms with Gasteiger partial charge in [0, 0.05) is 44.0 Å². The Labute approximate surface area is 130 Å². The standard InChI is InChI=1S/C15H25N5O2/c1-10(2)19(4)15(22)17-12-6-5-7-20(9-12)14-16-11(3)8-13(21)18-14/h8,10,12H,5-7,9H2,1-4H3,(H,17,22)(H,16,18,21). The fourth-order valence-electron chi connectivity index (χ4n) is 2.51. The number of amides is 2. The van der Waals surface area contributed by atoms with Crippen molar-refractivity contribution in [1.29, 1.82) is 0 Å². The number of nitrogens with one attached hydrogen (secondary N) is 2. The maximum Gasteiger partial charge on any atom is 0.317 e. The van der Waals surface area contributed by atoms with Crippen LogP contribution in [-0.2, 0) is 0 Å². The van der Waals surface area contributed by atoms with Gasteiger partial charge in [-0.2, -0.15) is 0 Å². The van der Waals surface area contributed by atoms with Crippen molar-refractivity contribution in [1.82, 2.24) is 20.2 Å². The summed E-state index contributed by atoms with van der Waals surface area (Å²) >= 11 is 0. The maximum absolute atomic E-state index is 12.1. The summed E-state index contributed by atoms with van der Waals surface area (Å²) in [4.78, 5) is 34.6. The molecule has 1 atom stereocenters. The molecular weight excluding hydrogens is 282 g/mol. The Morgan fingerprint density at radius 3 is 2.91 bits per heavy atom. The number of aromatic nitrogens is 2. The van der Waals surface area contributed by atoms with Crippen molar-refractivity contribution < 1.29 is 4.79 Å². The minimum absolute atomic E-state index is 0.0625. The van der Waals surface area contributed by atoms with Crippen LogP contribution in [0.4, 0.5) is 10.7 Å². The minimum atomic E-state index is -0.145. The first-order valence-corrected chi connectivity index (χ1v) is 7.73. The molecule has 1 aromatic rings. The zero-order chi connectivity index (χ0) is 16.3. The molecule has 22 heavy (non-hydrogen) atoms. The van der Waals surface area contributed by atoms with E-state index in [4.69, 9.17) is 0 Å². The third kappa shape index (κ3) is 3.99. The molecule has 1 aliphatic rings. The summed E-state index contributed by atoms with van der Waals surface area (Å²) in [6.45, 7) is 7.25. The number of anilines is 1. The molecule has 2 heterocycles. The monoisotopic (exact) mass is 307 g/mol. The third-order valence-corrected chi connectivity index (χ3v) is 4.00. The third-order valence-electron chi connectivity index (χ3n) is 4.00. The van der Waals surface area contributed by atoms with E-state index in [1.165, 1.54) is 6.07 Å². The molecule has 0 aliphatic carbocycles. The van der Waals surface area contributed by atoms with E-state index in [-0.39, 0.29) is 23.7 Å². The van der Waals surface area contributed by atoms with Crippen molar-refractivity contribution in [2.24, 2.45) is 0 Å². The molecule has 2 rings (SSSR count). The molecule has 0 radical (unpaired) electrons. The number of nitrogens with zero attached hydrogens (tertiary/aromatic N) is 3. The molecule has 0 aromatic carbocycles. The number of carbonyl (C=O) groups is 1. The van der Waals surface area contributed by atoms with Crippen LogP contribution in [0, 0.1) is 6.92 Å². The van der Waals surface area contributed by atoms with E-state index >= 15 is 0 Å². The largest absolute Gasteiger partial charge is 0.340 e. The van der Waals surface area contributed by atoms with Gasteiger partial charge in [-0.25, -0.2) is 9.78 Å². The first-order chi connectivity index (χ1) is 10.4. The molecule has 2 N–H and O–H groups in total. The van der Waals surface area contributed by atoms with E-state index in [2.05, 4.69) is 15.3 Å². The highest BCUT2D eigenvalue weighted by atomic mass is 16.2. The lowest BCUT2D eigenvalue weighted by Crippen LogP contribution is -2.52. The van der Waals surface area contributed by atoms with Crippen molar-refractivity contribution in [2.45, 2.75) is 45.7 Å². The van der Waals surface area contributed by atoms with Gasteiger partial charge in [0.1, 0.15) is 0 Å². The van der Waals surface area contributed by atoms with Crippen molar-refractivity contribution in [3.8, 4) is 0 Å². The van der Waals surface area contributed by atoms with Crippen LogP contribution < -0.4 is 15.8 Å². The Hall–Kier alpha value is -2.05. The molecule has 1 aromatic heterocycles. The van der Waals surface area contributed by atoms with Crippen LogP contribution in [0.15, 0.2) is 10.9 Å². The lowest BCUT2D eigenvalue weighted by atomic mass is 10.1. The van der Waals surface area contributed by atoms with Crippen LogP contribution in [0.1, 0.15) is 32.4 Å². The van der Waals surface area contributed by atoms with Crippen LogP contribution in [0.5, 0.6) is 0 Å². The van der Waals surface area contributed by atoms with Crippen LogP contribution >= 0.6 is 0 Å². The van der Waals surface area contributed by atoms with Gasteiger partial charge in [0.05, 0.1) is 0 Å². The van der Waals surface area contributed by atoms with Crippen molar-refractivity contribution >= 4 is 12.0 Å². The highest BCUT2D eigenvalue weighted by Gasteiger charge is 2.24. The van der Waals surface area contributed by atoms with Gasteiger partial charge in [-0.3, -0.25) is 9.78 Å². The second kappa shape index (κ2) is 6.81. The van der Waals surface area contributed by atoms with Gasteiger partial charge in [0.25, 0.3) is 5.56 Å². The molecule has 1 unspecified atom stereocenters. The fraction of sp³-hybridized carbons (Fsp3) is 0.667. The van der Waals surface area contributed by atoms with Gasteiger partial charge in [-0.15, -0.1) is 0 Å². The molecule has 7 heteroatoms. The smallest absolute Gasteiger partial charge is 0.317 e. The number of piperidine rings is 1. The number of aromatic amines is 1. The van der Waals surface area contributed by atoms with Crippen LogP contribution in [0.3, 0.4) is 0 Å². The lowest BCUT2D eigenvalue weighted by molar-refractivity contribution is 0.191. The Kier molecular flexibility index (Phi) is 5.05. The summed E-state index contributed by atoms with van der Waals surface area (Å²) in [5.41, 5.74) is 0.553. The van der Waals surface area contributed by atoms with Crippen molar-refractivity contribution in [3.05, 3.63) is 22.1 Å². The van der Waals surface area contributed by atoms with Gasteiger partial charge in [0.2, 0.25) is 5.95 Å². The number of hydrogen-bond donors (Lipinski definition) is 2. The minimum Gasteiger partial charge on any atom is -0.340 e. The Morgan fingerprint density at radius 1 is 1.55 bits per heavy atom. The Balaban J connectivity index is 2.02. The van der Waals surface area contributed by atoms with Crippen molar-refractivity contribution in [2.75, 3.05) is 25.0 Å². The van der Waals surface area contributed by atoms with E-state index in [1.54, 1.807) is 18.9 Å². The lowest BCUT2D eigenvalue weighted by Gasteiger charge is -2.34. The van der Waals surface area contributed by atoms with E-state index in [9.17, 15) is 9.59 Å². The summed E-state index contributed by atoms with van der Waals surface area (Å²) in [5, 5.41) is 3.05. The second-order valence-electron chi connectivity index (χ2n) is 6.15. The highest BCUT2D eigenvalue weighted by molar-refractivity contribution is 5.74. The van der Waals surface area contributed by atoms with Gasteiger partial charge in [-0.1, -0.05) is 0 Å². The van der Waals surface area contributed by atoms with E-state index < -0.39 is 0 Å². The van der Waals surface area contributed by atoms with E-state index in [0.717, 1.165) is 19.4 Å². The van der Waals surface area contributed by atoms with Gasteiger partial charge in [-0.05, 0) is 33.6 Å². The van der Waals surface area contributed by atoms with Crippen molar-refractivity contribution in [3.63, 3.8) is 0 Å². The topological polar surface area (TPSA) is 81.3 Å². The predicted molar refractivity (Wildman–Crippen MR) is 86.3 cm³/mol. The fourth-order valence-corrected chi connectivity index (χ4v) is 2.51. The van der Waals surface area contributed by atoms with Crippen LogP contribution in [0.2, 0.25) is 0 Å². The molecule has 0 spiro atoms. The first kappa shape index (κ1) is 16.3. The number of urea groups is 1. The average molecular weight is 307 g/mol. The number of hydrogen-bond acceptors (Lipinski definition) is 4. The maximum atomic E-state index is 12.1. The summed E-state index contributed by atoms with van der Waals surface area (Å²) in [5.74, 6) is 0.584. The van der Waals surface area contributed by atoms with Crippen LogP contribution in [-0.4, -0.2) is 53.1 Å². The summed E-state index contributed by atoms with van der Waals surface area (Å²) in [6, 6.07) is 1.64. The predicted octanol–water partition coefficient (Wildman–Crippen LogP) is 1.10. The molecule has 2 amide bonds. The molecule has 0 bridgehead atoms. The molecule has 122 valence electrons. The Morgan fingerprint density at radius 2 is 2.27 bits per heavy atom. The molecule has 1 aliphatic heterocycles. The average Bonchev–Trinajstić information content (AvgIpc) is 2.45. The number of carbonyl (C=O) groups excluding carboxylic acids is 1. The zero-order valence-corrected chi connectivity index (χ0v) is 13.7. The molecule has 1 saturated heterocycles. The summed E-state index contributed by atoms with van der Waals surface area (Å²) < 4.78 is 0. The van der Waals surface area contributed by atoms with Gasteiger partial charge >= 0.3 is 6.03 Å². The van der Waals surface area contributed by atoms with Gasteiger partial charge < -0.3 is 15.1 Å². The molecule has 7 nitrogen and oxygen atoms in total. The number of aryl methyl sites for hydroxylation is 1. The van der Waals surface area contributed by atoms with Gasteiger partial charge in [0.15, 0.2) is 0 Å². The van der Waals surface area contributed by atoms with Crippen LogP contribution in [0.25, 0.3) is 0 Å². The Bertz CT molecular complexity index is 584. The van der Waals surface area contributed by atoms with E-state index in [1.807, 2.05) is 18.7 Å². The normalized spacial score (nSPS) is 18.4. The number of rotatable bonds is 3. The molecular formula is C15H25N5O2. The second-order valence-corrected chi connectivity index (χ2v) is 6.15. The van der Waals surface area contributed by atoms with E-state index in [0.29, 0.717) is 18.2 Å². The quantitative estimate of drug-likeness (QED) is 0.876. The first-order valence-electron chi connectivity index (χ1n) is 7.73. The molecule has 1 fully saturated rings.